The standard InChI is InChI=1S/C15H24O2Si/c1-6-15(17-18(3,4)5)12(2)16-14(15)13-10-8-7-9-11-13/h7-12,14H,6H2,1-5H3/t12-,14+,15+/m0/s1. The number of rotatable bonds is 4. The lowest BCUT2D eigenvalue weighted by molar-refractivity contribution is -0.280. The smallest absolute Gasteiger partial charge is 0.184 e. The molecule has 0 N–H and O–H groups in total. The Morgan fingerprint density at radius 3 is 2.28 bits per heavy atom. The highest BCUT2D eigenvalue weighted by Gasteiger charge is 2.56. The van der Waals surface area contributed by atoms with Crippen LogP contribution in [0.25, 0.3) is 0 Å². The van der Waals surface area contributed by atoms with Crippen molar-refractivity contribution in [3.05, 3.63) is 35.9 Å². The fourth-order valence-corrected chi connectivity index (χ4v) is 4.37. The van der Waals surface area contributed by atoms with Crippen molar-refractivity contribution in [2.45, 2.75) is 57.7 Å². The lowest BCUT2D eigenvalue weighted by Gasteiger charge is -2.56. The van der Waals surface area contributed by atoms with Crippen molar-refractivity contribution < 1.29 is 9.16 Å². The third-order valence-corrected chi connectivity index (χ3v) is 4.62. The minimum Gasteiger partial charge on any atom is -0.406 e. The average molecular weight is 264 g/mol. The van der Waals surface area contributed by atoms with Crippen molar-refractivity contribution in [1.29, 1.82) is 0 Å². The fraction of sp³-hybridized carbons (Fsp3) is 0.600. The SMILES string of the molecule is CC[C@@]1(O[Si](C)(C)C)[C@H](C)O[C@@H]1c1ccccc1. The molecule has 0 saturated carbocycles. The van der Waals surface area contributed by atoms with Crippen LogP contribution in [0.1, 0.15) is 31.9 Å². The van der Waals surface area contributed by atoms with Gasteiger partial charge in [-0.2, -0.15) is 0 Å². The molecule has 0 aromatic heterocycles. The van der Waals surface area contributed by atoms with Gasteiger partial charge < -0.3 is 9.16 Å². The topological polar surface area (TPSA) is 18.5 Å². The predicted molar refractivity (Wildman–Crippen MR) is 77.2 cm³/mol. The summed E-state index contributed by atoms with van der Waals surface area (Å²) in [5.74, 6) is 0. The van der Waals surface area contributed by atoms with E-state index >= 15 is 0 Å². The molecule has 0 radical (unpaired) electrons. The molecule has 2 nitrogen and oxygen atoms in total. The van der Waals surface area contributed by atoms with Crippen molar-refractivity contribution in [3.63, 3.8) is 0 Å². The van der Waals surface area contributed by atoms with Gasteiger partial charge in [-0.15, -0.1) is 0 Å². The quantitative estimate of drug-likeness (QED) is 0.761. The van der Waals surface area contributed by atoms with Crippen LogP contribution in [-0.2, 0) is 9.16 Å². The highest BCUT2D eigenvalue weighted by atomic mass is 28.4. The summed E-state index contributed by atoms with van der Waals surface area (Å²) in [6.45, 7) is 11.1. The van der Waals surface area contributed by atoms with Crippen molar-refractivity contribution in [2.24, 2.45) is 0 Å². The molecule has 0 spiro atoms. The van der Waals surface area contributed by atoms with Crippen LogP contribution in [0.3, 0.4) is 0 Å². The van der Waals surface area contributed by atoms with Gasteiger partial charge in [0, 0.05) is 0 Å². The lowest BCUT2D eigenvalue weighted by Crippen LogP contribution is -2.63. The van der Waals surface area contributed by atoms with Gasteiger partial charge in [-0.25, -0.2) is 0 Å². The zero-order valence-corrected chi connectivity index (χ0v) is 13.1. The monoisotopic (exact) mass is 264 g/mol. The molecule has 1 fully saturated rings. The third kappa shape index (κ3) is 2.39. The van der Waals surface area contributed by atoms with Gasteiger partial charge in [-0.1, -0.05) is 37.3 Å². The zero-order valence-electron chi connectivity index (χ0n) is 12.1. The van der Waals surface area contributed by atoms with E-state index in [0.717, 1.165) is 6.42 Å². The van der Waals surface area contributed by atoms with E-state index < -0.39 is 8.32 Å². The Bertz CT molecular complexity index is 399. The Morgan fingerprint density at radius 1 is 1.22 bits per heavy atom. The molecule has 1 aliphatic heterocycles. The van der Waals surface area contributed by atoms with E-state index in [1.165, 1.54) is 5.56 Å². The summed E-state index contributed by atoms with van der Waals surface area (Å²) < 4.78 is 12.5. The first kappa shape index (κ1) is 13.8. The Kier molecular flexibility index (Phi) is 3.67. The molecule has 1 heterocycles. The number of ether oxygens (including phenoxy) is 1. The average Bonchev–Trinajstić information content (AvgIpc) is 2.32. The maximum Gasteiger partial charge on any atom is 0.184 e. The van der Waals surface area contributed by atoms with Crippen LogP contribution in [0.5, 0.6) is 0 Å². The lowest BCUT2D eigenvalue weighted by atomic mass is 9.79. The van der Waals surface area contributed by atoms with E-state index in [2.05, 4.69) is 57.8 Å². The Hall–Kier alpha value is -0.643. The maximum atomic E-state index is 6.50. The number of benzene rings is 1. The van der Waals surface area contributed by atoms with Crippen LogP contribution >= 0.6 is 0 Å². The van der Waals surface area contributed by atoms with Crippen LogP contribution < -0.4 is 0 Å². The molecule has 0 bridgehead atoms. The van der Waals surface area contributed by atoms with Gasteiger partial charge in [0.1, 0.15) is 11.7 Å². The van der Waals surface area contributed by atoms with Gasteiger partial charge in [0.15, 0.2) is 8.32 Å². The summed E-state index contributed by atoms with van der Waals surface area (Å²) in [6.07, 6.45) is 1.27. The number of hydrogen-bond donors (Lipinski definition) is 0. The molecular formula is C15H24O2Si. The van der Waals surface area contributed by atoms with Crippen LogP contribution in [0.15, 0.2) is 30.3 Å². The van der Waals surface area contributed by atoms with E-state index in [1.54, 1.807) is 0 Å². The molecule has 100 valence electrons. The molecular weight excluding hydrogens is 240 g/mol. The van der Waals surface area contributed by atoms with Gasteiger partial charge in [0.2, 0.25) is 0 Å². The van der Waals surface area contributed by atoms with Crippen molar-refractivity contribution >= 4 is 8.32 Å². The van der Waals surface area contributed by atoms with E-state index in [0.29, 0.717) is 0 Å². The second-order valence-corrected chi connectivity index (χ2v) is 10.5. The molecule has 1 aromatic rings. The Labute approximate surface area is 111 Å². The van der Waals surface area contributed by atoms with Gasteiger partial charge in [-0.3, -0.25) is 0 Å². The molecule has 1 aromatic carbocycles. The second-order valence-electron chi connectivity index (χ2n) is 6.09. The first-order chi connectivity index (χ1) is 8.39. The second kappa shape index (κ2) is 4.80. The minimum atomic E-state index is -1.58. The van der Waals surface area contributed by atoms with E-state index in [-0.39, 0.29) is 17.8 Å². The van der Waals surface area contributed by atoms with Crippen LogP contribution in [0.2, 0.25) is 19.6 Å². The highest BCUT2D eigenvalue weighted by Crippen LogP contribution is 2.50. The summed E-state index contributed by atoms with van der Waals surface area (Å²) in [7, 11) is -1.58. The van der Waals surface area contributed by atoms with Crippen LogP contribution in [0, 0.1) is 0 Å². The van der Waals surface area contributed by atoms with Gasteiger partial charge >= 0.3 is 0 Å². The summed E-state index contributed by atoms with van der Waals surface area (Å²) in [4.78, 5) is 0. The summed E-state index contributed by atoms with van der Waals surface area (Å²) in [6, 6.07) is 10.4. The Balaban J connectivity index is 2.27. The molecule has 3 atom stereocenters. The van der Waals surface area contributed by atoms with Crippen LogP contribution in [-0.4, -0.2) is 20.0 Å². The van der Waals surface area contributed by atoms with Crippen LogP contribution in [0.4, 0.5) is 0 Å². The van der Waals surface area contributed by atoms with E-state index in [4.69, 9.17) is 9.16 Å². The van der Waals surface area contributed by atoms with E-state index in [1.807, 2.05) is 6.07 Å². The minimum absolute atomic E-state index is 0.0884. The molecule has 0 aliphatic carbocycles. The first-order valence-electron chi connectivity index (χ1n) is 6.79. The van der Waals surface area contributed by atoms with Gasteiger partial charge in [0.25, 0.3) is 0 Å². The van der Waals surface area contributed by atoms with Crippen molar-refractivity contribution in [2.75, 3.05) is 0 Å². The van der Waals surface area contributed by atoms with Crippen molar-refractivity contribution in [3.8, 4) is 0 Å². The third-order valence-electron chi connectivity index (χ3n) is 3.62. The molecule has 1 aliphatic rings. The summed E-state index contributed by atoms with van der Waals surface area (Å²) >= 11 is 0. The largest absolute Gasteiger partial charge is 0.406 e. The summed E-state index contributed by atoms with van der Waals surface area (Å²) in [5.41, 5.74) is 1.10. The molecule has 3 heteroatoms. The van der Waals surface area contributed by atoms with E-state index in [9.17, 15) is 0 Å². The molecule has 0 unspecified atom stereocenters. The Morgan fingerprint density at radius 2 is 1.83 bits per heavy atom. The number of hydrogen-bond acceptors (Lipinski definition) is 2. The molecule has 2 rings (SSSR count). The summed E-state index contributed by atoms with van der Waals surface area (Å²) in [5, 5.41) is 0. The molecule has 1 saturated heterocycles. The molecule has 0 amide bonds. The first-order valence-corrected chi connectivity index (χ1v) is 10.2. The van der Waals surface area contributed by atoms with Gasteiger partial charge in [0.05, 0.1) is 6.10 Å². The van der Waals surface area contributed by atoms with Crippen molar-refractivity contribution in [1.82, 2.24) is 0 Å². The van der Waals surface area contributed by atoms with Gasteiger partial charge in [-0.05, 0) is 38.5 Å². The maximum absolute atomic E-state index is 6.50. The predicted octanol–water partition coefficient (Wildman–Crippen LogP) is 4.15. The normalized spacial score (nSPS) is 32.1. The molecule has 18 heavy (non-hydrogen) atoms. The zero-order chi connectivity index (χ0) is 13.4. The highest BCUT2D eigenvalue weighted by molar-refractivity contribution is 6.69. The fourth-order valence-electron chi connectivity index (χ4n) is 2.82.